The van der Waals surface area contributed by atoms with Crippen molar-refractivity contribution in [3.8, 4) is 0 Å². The number of H-pyrrole nitrogens is 1. The summed E-state index contributed by atoms with van der Waals surface area (Å²) in [6.07, 6.45) is -0.102. The molecule has 29 heavy (non-hydrogen) atoms. The van der Waals surface area contributed by atoms with Crippen LogP contribution in [0.3, 0.4) is 0 Å². The van der Waals surface area contributed by atoms with Gasteiger partial charge in [-0.1, -0.05) is 6.07 Å². The van der Waals surface area contributed by atoms with Crippen LogP contribution in [0.15, 0.2) is 49.1 Å². The summed E-state index contributed by atoms with van der Waals surface area (Å²) < 4.78 is 41.2. The monoisotopic (exact) mass is 401 g/mol. The second-order valence-electron chi connectivity index (χ2n) is 6.65. The second kappa shape index (κ2) is 6.19. The van der Waals surface area contributed by atoms with Crippen LogP contribution >= 0.6 is 0 Å². The van der Waals surface area contributed by atoms with Gasteiger partial charge in [-0.05, 0) is 24.3 Å². The van der Waals surface area contributed by atoms with E-state index in [2.05, 4.69) is 20.2 Å². The second-order valence-corrected chi connectivity index (χ2v) is 6.65. The Morgan fingerprint density at radius 2 is 2.10 bits per heavy atom. The number of nitrogens with zero attached hydrogens (tertiary/aromatic N) is 6. The van der Waals surface area contributed by atoms with Crippen LogP contribution in [-0.4, -0.2) is 46.7 Å². The standard InChI is InChI=1S/C18H14F3N7O/c19-18(20,21)28-14(4-6-24-28)17(29)26-8-5-12-15(23-10-22-12)16(26)13-9-11-3-1-2-7-27(11)25-13/h1-4,6-7,9-10,16H,5,8H2,(H,22,23). The minimum Gasteiger partial charge on any atom is -0.348 e. The van der Waals surface area contributed by atoms with Crippen LogP contribution in [0.25, 0.3) is 5.52 Å². The van der Waals surface area contributed by atoms with Crippen molar-refractivity contribution in [1.82, 2.24) is 34.3 Å². The van der Waals surface area contributed by atoms with Gasteiger partial charge in [0.1, 0.15) is 11.7 Å². The molecule has 0 radical (unpaired) electrons. The SMILES string of the molecule is O=C(c1ccnn1C(F)(F)F)N1CCc2[nH]cnc2C1c1cc2ccccn2n1. The van der Waals surface area contributed by atoms with Crippen LogP contribution in [0.1, 0.15) is 33.6 Å². The van der Waals surface area contributed by atoms with Crippen LogP contribution in [0, 0.1) is 0 Å². The molecule has 1 N–H and O–H groups in total. The van der Waals surface area contributed by atoms with E-state index in [0.717, 1.165) is 23.5 Å². The lowest BCUT2D eigenvalue weighted by Gasteiger charge is -2.34. The molecule has 1 unspecified atom stereocenters. The predicted octanol–water partition coefficient (Wildman–Crippen LogP) is 2.52. The van der Waals surface area contributed by atoms with E-state index in [-0.39, 0.29) is 11.2 Å². The first-order valence-corrected chi connectivity index (χ1v) is 8.82. The fourth-order valence-corrected chi connectivity index (χ4v) is 3.70. The number of carbonyl (C=O) groups excluding carboxylic acids is 1. The highest BCUT2D eigenvalue weighted by Gasteiger charge is 2.41. The Labute approximate surface area is 161 Å². The van der Waals surface area contributed by atoms with Gasteiger partial charge < -0.3 is 9.88 Å². The number of aromatic nitrogens is 6. The summed E-state index contributed by atoms with van der Waals surface area (Å²) in [7, 11) is 0. The molecule has 0 saturated carbocycles. The largest absolute Gasteiger partial charge is 0.505 e. The molecule has 0 bridgehead atoms. The molecule has 0 aliphatic carbocycles. The van der Waals surface area contributed by atoms with Crippen molar-refractivity contribution in [2.24, 2.45) is 0 Å². The molecular formula is C18H14F3N7O. The molecule has 4 aromatic heterocycles. The number of nitrogens with one attached hydrogen (secondary N) is 1. The number of aromatic amines is 1. The fourth-order valence-electron chi connectivity index (χ4n) is 3.70. The van der Waals surface area contributed by atoms with E-state index in [9.17, 15) is 18.0 Å². The van der Waals surface area contributed by atoms with Gasteiger partial charge in [-0.3, -0.25) is 4.79 Å². The summed E-state index contributed by atoms with van der Waals surface area (Å²) in [5.74, 6) is -0.782. The van der Waals surface area contributed by atoms with Gasteiger partial charge >= 0.3 is 6.30 Å². The maximum Gasteiger partial charge on any atom is 0.505 e. The number of rotatable bonds is 2. The quantitative estimate of drug-likeness (QED) is 0.560. The molecule has 148 valence electrons. The zero-order chi connectivity index (χ0) is 20.2. The number of amides is 1. The van der Waals surface area contributed by atoms with Crippen molar-refractivity contribution in [3.05, 3.63) is 71.8 Å². The molecule has 0 aromatic carbocycles. The smallest absolute Gasteiger partial charge is 0.348 e. The van der Waals surface area contributed by atoms with Crippen LogP contribution in [0.2, 0.25) is 0 Å². The fraction of sp³-hybridized carbons (Fsp3) is 0.222. The first-order valence-electron chi connectivity index (χ1n) is 8.82. The molecule has 8 nitrogen and oxygen atoms in total. The van der Waals surface area contributed by atoms with E-state index >= 15 is 0 Å². The van der Waals surface area contributed by atoms with Gasteiger partial charge in [-0.2, -0.15) is 14.9 Å². The number of imidazole rings is 1. The van der Waals surface area contributed by atoms with Gasteiger partial charge in [0.05, 0.1) is 29.4 Å². The van der Waals surface area contributed by atoms with Crippen LogP contribution in [0.4, 0.5) is 13.2 Å². The molecule has 5 heterocycles. The lowest BCUT2D eigenvalue weighted by Crippen LogP contribution is -2.42. The molecule has 11 heteroatoms. The maximum atomic E-state index is 13.3. The van der Waals surface area contributed by atoms with Gasteiger partial charge in [0.15, 0.2) is 0 Å². The molecule has 1 atom stereocenters. The van der Waals surface area contributed by atoms with E-state index in [1.165, 1.54) is 11.2 Å². The van der Waals surface area contributed by atoms with Gasteiger partial charge in [0.2, 0.25) is 0 Å². The first kappa shape index (κ1) is 17.5. The molecule has 0 saturated heterocycles. The molecule has 1 aliphatic heterocycles. The van der Waals surface area contributed by atoms with Crippen molar-refractivity contribution >= 4 is 11.4 Å². The van der Waals surface area contributed by atoms with Crippen molar-refractivity contribution < 1.29 is 18.0 Å². The molecular weight excluding hydrogens is 387 g/mol. The zero-order valence-electron chi connectivity index (χ0n) is 14.8. The third-order valence-corrected chi connectivity index (χ3v) is 4.96. The summed E-state index contributed by atoms with van der Waals surface area (Å²) >= 11 is 0. The molecule has 4 aromatic rings. The lowest BCUT2D eigenvalue weighted by molar-refractivity contribution is -0.213. The minimum absolute atomic E-state index is 0.212. The van der Waals surface area contributed by atoms with Gasteiger partial charge in [0, 0.05) is 24.9 Å². The summed E-state index contributed by atoms with van der Waals surface area (Å²) in [5, 5.41) is 7.80. The lowest BCUT2D eigenvalue weighted by atomic mass is 9.99. The molecule has 0 fully saturated rings. The van der Waals surface area contributed by atoms with E-state index in [0.29, 0.717) is 17.8 Å². The van der Waals surface area contributed by atoms with Crippen LogP contribution in [0.5, 0.6) is 0 Å². The maximum absolute atomic E-state index is 13.3. The number of carbonyl (C=O) groups is 1. The third kappa shape index (κ3) is 2.77. The average molecular weight is 401 g/mol. The average Bonchev–Trinajstić information content (AvgIpc) is 3.44. The van der Waals surface area contributed by atoms with Gasteiger partial charge in [-0.15, -0.1) is 13.2 Å². The minimum atomic E-state index is -4.79. The number of hydrogen-bond donors (Lipinski definition) is 1. The van der Waals surface area contributed by atoms with E-state index in [4.69, 9.17) is 0 Å². The van der Waals surface area contributed by atoms with Crippen molar-refractivity contribution in [2.75, 3.05) is 6.54 Å². The van der Waals surface area contributed by atoms with Crippen molar-refractivity contribution in [1.29, 1.82) is 0 Å². The predicted molar refractivity (Wildman–Crippen MR) is 93.9 cm³/mol. The molecule has 1 amide bonds. The Kier molecular flexibility index (Phi) is 3.73. The Bertz CT molecular complexity index is 1170. The molecule has 1 aliphatic rings. The Morgan fingerprint density at radius 1 is 1.24 bits per heavy atom. The highest BCUT2D eigenvalue weighted by Crippen LogP contribution is 2.35. The number of hydrogen-bond acceptors (Lipinski definition) is 4. The highest BCUT2D eigenvalue weighted by atomic mass is 19.4. The first-order chi connectivity index (χ1) is 13.9. The number of halogens is 3. The topological polar surface area (TPSA) is 84.1 Å². The van der Waals surface area contributed by atoms with Crippen molar-refractivity contribution in [3.63, 3.8) is 0 Å². The highest BCUT2D eigenvalue weighted by molar-refractivity contribution is 5.93. The summed E-state index contributed by atoms with van der Waals surface area (Å²) in [6, 6.07) is 7.68. The number of alkyl halides is 3. The van der Waals surface area contributed by atoms with Gasteiger partial charge in [-0.25, -0.2) is 9.50 Å². The van der Waals surface area contributed by atoms with Crippen LogP contribution < -0.4 is 0 Å². The summed E-state index contributed by atoms with van der Waals surface area (Å²) in [6.45, 7) is 0.218. The third-order valence-electron chi connectivity index (χ3n) is 4.96. The number of fused-ring (bicyclic) bond motifs is 2. The number of pyridine rings is 1. The molecule has 5 rings (SSSR count). The van der Waals surface area contributed by atoms with E-state index < -0.39 is 23.9 Å². The van der Waals surface area contributed by atoms with E-state index in [1.54, 1.807) is 16.8 Å². The van der Waals surface area contributed by atoms with E-state index in [1.807, 2.05) is 18.2 Å². The Hall–Kier alpha value is -3.63. The summed E-state index contributed by atoms with van der Waals surface area (Å²) in [5.41, 5.74) is 2.19. The van der Waals surface area contributed by atoms with Crippen LogP contribution in [-0.2, 0) is 12.7 Å². The molecule has 0 spiro atoms. The van der Waals surface area contributed by atoms with Crippen molar-refractivity contribution in [2.45, 2.75) is 18.8 Å². The normalized spacial score (nSPS) is 16.9. The zero-order valence-corrected chi connectivity index (χ0v) is 14.8. The Balaban J connectivity index is 1.62. The Morgan fingerprint density at radius 3 is 2.90 bits per heavy atom. The summed E-state index contributed by atoms with van der Waals surface area (Å²) in [4.78, 5) is 21.9. The van der Waals surface area contributed by atoms with Gasteiger partial charge in [0.25, 0.3) is 5.91 Å².